The summed E-state index contributed by atoms with van der Waals surface area (Å²) < 4.78 is 18.2. The Balaban J connectivity index is 2.46. The summed E-state index contributed by atoms with van der Waals surface area (Å²) in [7, 11) is 1.42. The van der Waals surface area contributed by atoms with Crippen molar-refractivity contribution in [1.29, 1.82) is 0 Å². The SMILES string of the molecule is COc1nc(F)ncc1C1=CC(C(C)(C)C)N(C(=O)O)CC1. The molecule has 1 aromatic heterocycles. The average Bonchev–Trinajstić information content (AvgIpc) is 2.45. The Bertz CT molecular complexity index is 611. The lowest BCUT2D eigenvalue weighted by Gasteiger charge is -2.40. The topological polar surface area (TPSA) is 75.6 Å². The molecule has 1 atom stereocenters. The summed E-state index contributed by atoms with van der Waals surface area (Å²) in [5.41, 5.74) is 1.20. The molecule has 0 spiro atoms. The maximum atomic E-state index is 13.1. The molecule has 0 radical (unpaired) electrons. The number of hydrogen-bond donors (Lipinski definition) is 1. The molecule has 0 aromatic carbocycles. The molecule has 1 aromatic rings. The van der Waals surface area contributed by atoms with Crippen LogP contribution in [-0.4, -0.2) is 45.8 Å². The van der Waals surface area contributed by atoms with Gasteiger partial charge in [0.2, 0.25) is 5.88 Å². The van der Waals surface area contributed by atoms with Crippen LogP contribution < -0.4 is 4.74 Å². The number of aromatic nitrogens is 2. The molecule has 1 N–H and O–H groups in total. The number of methoxy groups -OCH3 is 1. The zero-order valence-corrected chi connectivity index (χ0v) is 13.1. The molecule has 22 heavy (non-hydrogen) atoms. The van der Waals surface area contributed by atoms with Crippen molar-refractivity contribution in [3.05, 3.63) is 23.9 Å². The van der Waals surface area contributed by atoms with Gasteiger partial charge in [0.1, 0.15) is 0 Å². The first-order valence-electron chi connectivity index (χ1n) is 7.01. The lowest BCUT2D eigenvalue weighted by atomic mass is 9.81. The Morgan fingerprint density at radius 3 is 2.73 bits per heavy atom. The van der Waals surface area contributed by atoms with Crippen LogP contribution in [0.25, 0.3) is 5.57 Å². The zero-order chi connectivity index (χ0) is 16.5. The van der Waals surface area contributed by atoms with Gasteiger partial charge in [-0.25, -0.2) is 9.78 Å². The lowest BCUT2D eigenvalue weighted by Crippen LogP contribution is -2.48. The van der Waals surface area contributed by atoms with Crippen LogP contribution in [-0.2, 0) is 0 Å². The predicted molar refractivity (Wildman–Crippen MR) is 79.1 cm³/mol. The van der Waals surface area contributed by atoms with Gasteiger partial charge in [-0.3, -0.25) is 0 Å². The van der Waals surface area contributed by atoms with Crippen molar-refractivity contribution in [2.24, 2.45) is 5.41 Å². The normalized spacial score (nSPS) is 18.9. The number of carboxylic acid groups (broad SMARTS) is 1. The van der Waals surface area contributed by atoms with Crippen LogP contribution >= 0.6 is 0 Å². The second kappa shape index (κ2) is 5.90. The third-order valence-electron chi connectivity index (χ3n) is 3.71. The number of amides is 1. The largest absolute Gasteiger partial charge is 0.480 e. The molecule has 0 bridgehead atoms. The lowest BCUT2D eigenvalue weighted by molar-refractivity contribution is 0.1000. The molecule has 0 saturated heterocycles. The highest BCUT2D eigenvalue weighted by molar-refractivity contribution is 5.74. The summed E-state index contributed by atoms with van der Waals surface area (Å²) in [6.45, 7) is 6.30. The van der Waals surface area contributed by atoms with Crippen molar-refractivity contribution >= 4 is 11.7 Å². The van der Waals surface area contributed by atoms with Gasteiger partial charge >= 0.3 is 12.2 Å². The van der Waals surface area contributed by atoms with Crippen molar-refractivity contribution in [3.8, 4) is 5.88 Å². The van der Waals surface area contributed by atoms with Crippen molar-refractivity contribution < 1.29 is 19.0 Å². The van der Waals surface area contributed by atoms with Crippen molar-refractivity contribution in [2.45, 2.75) is 33.2 Å². The van der Waals surface area contributed by atoms with Crippen LogP contribution in [0, 0.1) is 11.5 Å². The Morgan fingerprint density at radius 1 is 1.50 bits per heavy atom. The van der Waals surface area contributed by atoms with E-state index in [-0.39, 0.29) is 17.3 Å². The molecule has 0 fully saturated rings. The maximum Gasteiger partial charge on any atom is 0.407 e. The smallest absolute Gasteiger partial charge is 0.407 e. The summed E-state index contributed by atoms with van der Waals surface area (Å²) in [6.07, 6.45) is 1.97. The van der Waals surface area contributed by atoms with Crippen molar-refractivity contribution in [1.82, 2.24) is 14.9 Å². The monoisotopic (exact) mass is 309 g/mol. The van der Waals surface area contributed by atoms with Crippen LogP contribution in [0.3, 0.4) is 0 Å². The van der Waals surface area contributed by atoms with Crippen LogP contribution in [0.15, 0.2) is 12.3 Å². The number of hydrogen-bond acceptors (Lipinski definition) is 4. The molecule has 1 aliphatic heterocycles. The van der Waals surface area contributed by atoms with Crippen LogP contribution in [0.4, 0.5) is 9.18 Å². The van der Waals surface area contributed by atoms with Gasteiger partial charge in [0.15, 0.2) is 0 Å². The molecule has 6 nitrogen and oxygen atoms in total. The van der Waals surface area contributed by atoms with Crippen LogP contribution in [0.1, 0.15) is 32.8 Å². The van der Waals surface area contributed by atoms with Gasteiger partial charge in [-0.05, 0) is 17.4 Å². The standard InChI is InChI=1S/C15H20FN3O3/c1-15(2,3)11-7-9(5-6-19(11)14(20)21)10-8-17-13(16)18-12(10)22-4/h7-8,11H,5-6H2,1-4H3,(H,20,21). The minimum absolute atomic E-state index is 0.162. The molecule has 7 heteroatoms. The first kappa shape index (κ1) is 16.2. The van der Waals surface area contributed by atoms with E-state index in [1.54, 1.807) is 0 Å². The molecule has 120 valence electrons. The second-order valence-corrected chi connectivity index (χ2v) is 6.29. The first-order chi connectivity index (χ1) is 10.2. The molecular formula is C15H20FN3O3. The average molecular weight is 309 g/mol. The number of nitrogens with zero attached hydrogens (tertiary/aromatic N) is 3. The van der Waals surface area contributed by atoms with Crippen LogP contribution in [0.5, 0.6) is 5.88 Å². The van der Waals surface area contributed by atoms with E-state index in [2.05, 4.69) is 9.97 Å². The summed E-state index contributed by atoms with van der Waals surface area (Å²) in [4.78, 5) is 20.1. The summed E-state index contributed by atoms with van der Waals surface area (Å²) in [6, 6.07) is -0.288. The minimum Gasteiger partial charge on any atom is -0.480 e. The Morgan fingerprint density at radius 2 is 2.18 bits per heavy atom. The van der Waals surface area contributed by atoms with E-state index < -0.39 is 12.2 Å². The van der Waals surface area contributed by atoms with Gasteiger partial charge < -0.3 is 14.7 Å². The highest BCUT2D eigenvalue weighted by atomic mass is 19.1. The third-order valence-corrected chi connectivity index (χ3v) is 3.71. The minimum atomic E-state index is -0.947. The van der Waals surface area contributed by atoms with Gasteiger partial charge in [-0.15, -0.1) is 0 Å². The van der Waals surface area contributed by atoms with Crippen molar-refractivity contribution in [3.63, 3.8) is 0 Å². The summed E-state index contributed by atoms with van der Waals surface area (Å²) in [5, 5.41) is 9.36. The summed E-state index contributed by atoms with van der Waals surface area (Å²) >= 11 is 0. The van der Waals surface area contributed by atoms with E-state index in [1.807, 2.05) is 26.8 Å². The van der Waals surface area contributed by atoms with Crippen molar-refractivity contribution in [2.75, 3.05) is 13.7 Å². The maximum absolute atomic E-state index is 13.1. The highest BCUT2D eigenvalue weighted by Crippen LogP contribution is 2.36. The van der Waals surface area contributed by atoms with E-state index in [1.165, 1.54) is 18.2 Å². The Kier molecular flexibility index (Phi) is 4.35. The molecule has 2 heterocycles. The fourth-order valence-corrected chi connectivity index (χ4v) is 2.62. The Hall–Kier alpha value is -2.18. The van der Waals surface area contributed by atoms with E-state index in [4.69, 9.17) is 4.74 Å². The van der Waals surface area contributed by atoms with Crippen LogP contribution in [0.2, 0.25) is 0 Å². The third kappa shape index (κ3) is 3.18. The van der Waals surface area contributed by atoms with E-state index in [0.717, 1.165) is 5.57 Å². The Labute approximate surface area is 128 Å². The summed E-state index contributed by atoms with van der Waals surface area (Å²) in [5.74, 6) is 0.162. The zero-order valence-electron chi connectivity index (χ0n) is 13.1. The van der Waals surface area contributed by atoms with E-state index >= 15 is 0 Å². The molecule has 2 rings (SSSR count). The molecule has 1 aliphatic rings. The van der Waals surface area contributed by atoms with Gasteiger partial charge in [0.05, 0.1) is 18.7 Å². The molecule has 0 aliphatic carbocycles. The van der Waals surface area contributed by atoms with Gasteiger partial charge in [-0.2, -0.15) is 9.37 Å². The number of carbonyl (C=O) groups is 1. The molecule has 1 unspecified atom stereocenters. The molecule has 0 saturated carbocycles. The van der Waals surface area contributed by atoms with Gasteiger partial charge in [0, 0.05) is 12.7 Å². The number of ether oxygens (including phenoxy) is 1. The predicted octanol–water partition coefficient (Wildman–Crippen LogP) is 2.81. The van der Waals surface area contributed by atoms with Gasteiger partial charge in [-0.1, -0.05) is 26.8 Å². The number of halogens is 1. The fourth-order valence-electron chi connectivity index (χ4n) is 2.62. The van der Waals surface area contributed by atoms with E-state index in [0.29, 0.717) is 18.5 Å². The van der Waals surface area contributed by atoms with E-state index in [9.17, 15) is 14.3 Å². The second-order valence-electron chi connectivity index (χ2n) is 6.29. The first-order valence-corrected chi connectivity index (χ1v) is 7.01. The number of rotatable bonds is 2. The molecular weight excluding hydrogens is 289 g/mol. The fraction of sp³-hybridized carbons (Fsp3) is 0.533. The quantitative estimate of drug-likeness (QED) is 0.850. The van der Waals surface area contributed by atoms with Gasteiger partial charge in [0.25, 0.3) is 0 Å². The molecule has 1 amide bonds. The highest BCUT2D eigenvalue weighted by Gasteiger charge is 2.35.